The molecular weight excluding hydrogens is 232 g/mol. The third kappa shape index (κ3) is 2.33. The predicted octanol–water partition coefficient (Wildman–Crippen LogP) is 2.16. The lowest BCUT2D eigenvalue weighted by molar-refractivity contribution is 0.0685. The Labute approximate surface area is 88.1 Å². The summed E-state index contributed by atoms with van der Waals surface area (Å²) in [6, 6.07) is 0.874. The second-order valence-electron chi connectivity index (χ2n) is 2.64. The second kappa shape index (κ2) is 4.39. The number of nitrogens with zero attached hydrogens (tertiary/aromatic N) is 1. The summed E-state index contributed by atoms with van der Waals surface area (Å²) < 4.78 is 24.6. The molecule has 0 amide bonds. The number of aromatic carboxylic acids is 1. The lowest BCUT2D eigenvalue weighted by atomic mass is 10.2. The fourth-order valence-electron chi connectivity index (χ4n) is 0.976. The normalized spacial score (nSPS) is 10.7. The van der Waals surface area contributed by atoms with Crippen LogP contribution < -0.4 is 0 Å². The highest BCUT2D eigenvalue weighted by Crippen LogP contribution is 2.27. The molecule has 0 aliphatic rings. The van der Waals surface area contributed by atoms with Crippen LogP contribution >= 0.6 is 11.6 Å². The quantitative estimate of drug-likeness (QED) is 0.791. The van der Waals surface area contributed by atoms with E-state index in [1.165, 1.54) is 0 Å². The molecule has 0 saturated heterocycles. The van der Waals surface area contributed by atoms with E-state index < -0.39 is 29.5 Å². The van der Waals surface area contributed by atoms with Crippen LogP contribution in [-0.2, 0) is 5.88 Å². The van der Waals surface area contributed by atoms with Crippen LogP contribution in [-0.4, -0.2) is 21.2 Å². The van der Waals surface area contributed by atoms with Gasteiger partial charge >= 0.3 is 5.97 Å². The minimum atomic E-state index is -2.91. The number of carboxylic acid groups (broad SMARTS) is 1. The van der Waals surface area contributed by atoms with Crippen molar-refractivity contribution < 1.29 is 23.8 Å². The van der Waals surface area contributed by atoms with Crippen LogP contribution in [0.1, 0.15) is 28.2 Å². The van der Waals surface area contributed by atoms with E-state index in [2.05, 4.69) is 4.98 Å². The standard InChI is InChI=1S/C8H6ClF2NO3/c9-2-3-1-4(7(10)11)12-5(6(3)13)8(14)15/h1,7,13H,2H2,(H,14,15). The van der Waals surface area contributed by atoms with Crippen molar-refractivity contribution in [1.82, 2.24) is 4.98 Å². The Kier molecular flexibility index (Phi) is 3.41. The van der Waals surface area contributed by atoms with Crippen LogP contribution in [0.15, 0.2) is 6.07 Å². The van der Waals surface area contributed by atoms with Crippen molar-refractivity contribution in [2.75, 3.05) is 0 Å². The van der Waals surface area contributed by atoms with E-state index in [0.717, 1.165) is 6.07 Å². The molecule has 0 bridgehead atoms. The smallest absolute Gasteiger partial charge is 0.358 e. The maximum Gasteiger partial charge on any atom is 0.358 e. The average Bonchev–Trinajstić information content (AvgIpc) is 2.17. The van der Waals surface area contributed by atoms with Crippen molar-refractivity contribution in [2.24, 2.45) is 0 Å². The van der Waals surface area contributed by atoms with Gasteiger partial charge < -0.3 is 10.2 Å². The molecule has 7 heteroatoms. The summed E-state index contributed by atoms with van der Waals surface area (Å²) >= 11 is 5.36. The Morgan fingerprint density at radius 2 is 2.20 bits per heavy atom. The number of rotatable bonds is 3. The molecule has 1 aromatic rings. The van der Waals surface area contributed by atoms with Crippen LogP contribution in [0.3, 0.4) is 0 Å². The predicted molar refractivity (Wildman–Crippen MR) is 47.4 cm³/mol. The van der Waals surface area contributed by atoms with Crippen molar-refractivity contribution in [3.05, 3.63) is 23.0 Å². The number of aromatic hydroxyl groups is 1. The number of carbonyl (C=O) groups is 1. The zero-order valence-corrected chi connectivity index (χ0v) is 8.00. The van der Waals surface area contributed by atoms with Crippen LogP contribution in [0.25, 0.3) is 0 Å². The molecule has 0 radical (unpaired) electrons. The van der Waals surface area contributed by atoms with Gasteiger partial charge in [-0.05, 0) is 6.07 Å². The molecule has 1 aromatic heterocycles. The molecule has 0 unspecified atom stereocenters. The topological polar surface area (TPSA) is 70.4 Å². The maximum absolute atomic E-state index is 12.3. The molecule has 1 heterocycles. The molecule has 0 aromatic carbocycles. The van der Waals surface area contributed by atoms with Gasteiger partial charge in [0.05, 0.1) is 5.88 Å². The minimum Gasteiger partial charge on any atom is -0.505 e. The number of pyridine rings is 1. The van der Waals surface area contributed by atoms with Crippen molar-refractivity contribution in [3.63, 3.8) is 0 Å². The summed E-state index contributed by atoms with van der Waals surface area (Å²) in [7, 11) is 0. The number of aromatic nitrogens is 1. The summed E-state index contributed by atoms with van der Waals surface area (Å²) in [6.45, 7) is 0. The highest BCUT2D eigenvalue weighted by molar-refractivity contribution is 6.17. The molecule has 4 nitrogen and oxygen atoms in total. The largest absolute Gasteiger partial charge is 0.505 e. The number of halogens is 3. The lowest BCUT2D eigenvalue weighted by Crippen LogP contribution is -2.06. The molecule has 82 valence electrons. The van der Waals surface area contributed by atoms with E-state index in [1.54, 1.807) is 0 Å². The molecule has 1 rings (SSSR count). The fourth-order valence-corrected chi connectivity index (χ4v) is 1.18. The molecule has 0 spiro atoms. The number of hydrogen-bond acceptors (Lipinski definition) is 3. The van der Waals surface area contributed by atoms with Crippen molar-refractivity contribution in [1.29, 1.82) is 0 Å². The van der Waals surface area contributed by atoms with E-state index >= 15 is 0 Å². The number of carboxylic acids is 1. The van der Waals surface area contributed by atoms with Crippen molar-refractivity contribution >= 4 is 17.6 Å². The summed E-state index contributed by atoms with van der Waals surface area (Å²) in [5.74, 6) is -2.53. The Morgan fingerprint density at radius 3 is 2.60 bits per heavy atom. The highest BCUT2D eigenvalue weighted by Gasteiger charge is 2.20. The zero-order chi connectivity index (χ0) is 11.6. The first-order chi connectivity index (χ1) is 6.97. The van der Waals surface area contributed by atoms with E-state index in [4.69, 9.17) is 16.7 Å². The van der Waals surface area contributed by atoms with Gasteiger partial charge in [0.1, 0.15) is 5.69 Å². The van der Waals surface area contributed by atoms with Gasteiger partial charge in [0.15, 0.2) is 11.4 Å². The Hall–Kier alpha value is -1.43. The van der Waals surface area contributed by atoms with Gasteiger partial charge in [-0.25, -0.2) is 18.6 Å². The van der Waals surface area contributed by atoms with Gasteiger partial charge in [-0.3, -0.25) is 0 Å². The van der Waals surface area contributed by atoms with Crippen LogP contribution in [0.2, 0.25) is 0 Å². The van der Waals surface area contributed by atoms with Gasteiger partial charge in [0.25, 0.3) is 6.43 Å². The Balaban J connectivity index is 3.38. The zero-order valence-electron chi connectivity index (χ0n) is 7.25. The first-order valence-electron chi connectivity index (χ1n) is 3.77. The summed E-state index contributed by atoms with van der Waals surface area (Å²) in [6.07, 6.45) is -2.91. The van der Waals surface area contributed by atoms with Gasteiger partial charge in [-0.2, -0.15) is 0 Å². The minimum absolute atomic E-state index is 0.0839. The third-order valence-electron chi connectivity index (χ3n) is 1.66. The molecule has 0 aliphatic heterocycles. The first kappa shape index (κ1) is 11.6. The van der Waals surface area contributed by atoms with E-state index in [9.17, 15) is 18.7 Å². The first-order valence-corrected chi connectivity index (χ1v) is 4.31. The molecule has 0 aliphatic carbocycles. The fraction of sp³-hybridized carbons (Fsp3) is 0.250. The Bertz CT molecular complexity index is 398. The van der Waals surface area contributed by atoms with Gasteiger partial charge in [-0.15, -0.1) is 11.6 Å². The number of hydrogen-bond donors (Lipinski definition) is 2. The molecule has 0 fully saturated rings. The van der Waals surface area contributed by atoms with Crippen LogP contribution in [0.5, 0.6) is 5.75 Å². The molecule has 0 atom stereocenters. The number of alkyl halides is 3. The average molecular weight is 238 g/mol. The maximum atomic E-state index is 12.3. The molecular formula is C8H6ClF2NO3. The molecule has 15 heavy (non-hydrogen) atoms. The van der Waals surface area contributed by atoms with Crippen molar-refractivity contribution in [3.8, 4) is 5.75 Å². The van der Waals surface area contributed by atoms with E-state index in [0.29, 0.717) is 0 Å². The molecule has 2 N–H and O–H groups in total. The van der Waals surface area contributed by atoms with Crippen molar-refractivity contribution in [2.45, 2.75) is 12.3 Å². The summed E-state index contributed by atoms with van der Waals surface area (Å²) in [4.78, 5) is 13.7. The van der Waals surface area contributed by atoms with Crippen LogP contribution in [0, 0.1) is 0 Å². The lowest BCUT2D eigenvalue weighted by Gasteiger charge is -2.07. The Morgan fingerprint density at radius 1 is 1.60 bits per heavy atom. The third-order valence-corrected chi connectivity index (χ3v) is 1.95. The monoisotopic (exact) mass is 237 g/mol. The van der Waals surface area contributed by atoms with Gasteiger partial charge in [0.2, 0.25) is 0 Å². The SMILES string of the molecule is O=C(O)c1nc(C(F)F)cc(CCl)c1O. The summed E-state index contributed by atoms with van der Waals surface area (Å²) in [5.41, 5.74) is -1.62. The van der Waals surface area contributed by atoms with E-state index in [-0.39, 0.29) is 11.4 Å². The molecule has 0 saturated carbocycles. The second-order valence-corrected chi connectivity index (χ2v) is 2.91. The van der Waals surface area contributed by atoms with Gasteiger partial charge in [0, 0.05) is 5.56 Å². The van der Waals surface area contributed by atoms with E-state index in [1.807, 2.05) is 0 Å². The van der Waals surface area contributed by atoms with Gasteiger partial charge in [-0.1, -0.05) is 0 Å². The summed E-state index contributed by atoms with van der Waals surface area (Å²) in [5, 5.41) is 17.9. The van der Waals surface area contributed by atoms with Crippen LogP contribution in [0.4, 0.5) is 8.78 Å². The highest BCUT2D eigenvalue weighted by atomic mass is 35.5.